The molecule has 1 rings (SSSR count). The molecule has 0 bridgehead atoms. The Balaban J connectivity index is 2.83. The first-order valence-corrected chi connectivity index (χ1v) is 5.81. The van der Waals surface area contributed by atoms with Gasteiger partial charge in [0, 0.05) is 20.3 Å². The Morgan fingerprint density at radius 2 is 1.83 bits per heavy atom. The lowest BCUT2D eigenvalue weighted by Crippen LogP contribution is -2.19. The highest BCUT2D eigenvalue weighted by Crippen LogP contribution is 2.14. The van der Waals surface area contributed by atoms with E-state index in [1.165, 1.54) is 0 Å². The molecule has 0 radical (unpaired) electrons. The minimum absolute atomic E-state index is 0.167. The number of rotatable bonds is 5. The van der Waals surface area contributed by atoms with Gasteiger partial charge in [0.15, 0.2) is 0 Å². The molecule has 0 aromatic heterocycles. The summed E-state index contributed by atoms with van der Waals surface area (Å²) in [5.74, 6) is 0.300. The lowest BCUT2D eigenvalue weighted by molar-refractivity contribution is -0.145. The fraction of sp³-hybridized carbons (Fsp3) is 0.357. The molecule has 0 aliphatic heterocycles. The highest BCUT2D eigenvalue weighted by molar-refractivity contribution is 5.86. The number of para-hydroxylation sites is 1. The van der Waals surface area contributed by atoms with Crippen LogP contribution in [0.4, 0.5) is 0 Å². The molecule has 0 saturated carbocycles. The molecule has 0 fully saturated rings. The lowest BCUT2D eigenvalue weighted by Gasteiger charge is -2.14. The number of carbonyl (C=O) groups is 1. The molecule has 0 heterocycles. The maximum Gasteiger partial charge on any atom is 0.376 e. The second kappa shape index (κ2) is 6.69. The Morgan fingerprint density at radius 1 is 1.22 bits per heavy atom. The Kier molecular flexibility index (Phi) is 5.24. The summed E-state index contributed by atoms with van der Waals surface area (Å²) >= 11 is 0. The summed E-state index contributed by atoms with van der Waals surface area (Å²) in [5.41, 5.74) is 0. The van der Waals surface area contributed by atoms with Gasteiger partial charge in [-0.2, -0.15) is 0 Å². The molecule has 0 aliphatic rings. The second-order valence-corrected chi connectivity index (χ2v) is 4.33. The van der Waals surface area contributed by atoms with Crippen LogP contribution in [0, 0.1) is 0 Å². The van der Waals surface area contributed by atoms with Crippen molar-refractivity contribution in [2.45, 2.75) is 20.0 Å². The van der Waals surface area contributed by atoms with Crippen molar-refractivity contribution < 1.29 is 14.3 Å². The minimum Gasteiger partial charge on any atom is -0.457 e. The van der Waals surface area contributed by atoms with Gasteiger partial charge in [-0.25, -0.2) is 4.79 Å². The Morgan fingerprint density at radius 3 is 2.33 bits per heavy atom. The predicted octanol–water partition coefficient (Wildman–Crippen LogP) is 2.42. The molecule has 0 saturated heterocycles. The van der Waals surface area contributed by atoms with E-state index in [1.54, 1.807) is 37.1 Å². The average Bonchev–Trinajstić information content (AvgIpc) is 2.28. The Hall–Kier alpha value is -1.97. The van der Waals surface area contributed by atoms with Crippen molar-refractivity contribution in [2.75, 3.05) is 14.1 Å². The van der Waals surface area contributed by atoms with Crippen molar-refractivity contribution in [1.82, 2.24) is 4.90 Å². The van der Waals surface area contributed by atoms with E-state index < -0.39 is 5.97 Å². The smallest absolute Gasteiger partial charge is 0.376 e. The third-order valence-corrected chi connectivity index (χ3v) is 1.89. The number of hydrogen-bond donors (Lipinski definition) is 0. The van der Waals surface area contributed by atoms with E-state index in [2.05, 4.69) is 0 Å². The molecule has 0 atom stereocenters. The van der Waals surface area contributed by atoms with Crippen LogP contribution in [0.3, 0.4) is 0 Å². The monoisotopic (exact) mass is 249 g/mol. The summed E-state index contributed by atoms with van der Waals surface area (Å²) < 4.78 is 10.7. The van der Waals surface area contributed by atoms with Gasteiger partial charge in [0.05, 0.1) is 6.10 Å². The number of carbonyl (C=O) groups excluding carboxylic acids is 1. The quantitative estimate of drug-likeness (QED) is 0.456. The first kappa shape index (κ1) is 14.1. The maximum absolute atomic E-state index is 11.9. The summed E-state index contributed by atoms with van der Waals surface area (Å²) in [4.78, 5) is 13.6. The topological polar surface area (TPSA) is 38.8 Å². The molecular weight excluding hydrogens is 230 g/mol. The maximum atomic E-state index is 11.9. The molecule has 0 unspecified atom stereocenters. The molecule has 0 spiro atoms. The second-order valence-electron chi connectivity index (χ2n) is 4.33. The molecule has 98 valence electrons. The molecule has 0 amide bonds. The highest BCUT2D eigenvalue weighted by atomic mass is 16.6. The van der Waals surface area contributed by atoms with Gasteiger partial charge in [0.1, 0.15) is 5.75 Å². The van der Waals surface area contributed by atoms with Crippen LogP contribution in [-0.2, 0) is 9.53 Å². The zero-order valence-electron chi connectivity index (χ0n) is 11.2. The summed E-state index contributed by atoms with van der Waals surface area (Å²) in [5, 5.41) is 0. The van der Waals surface area contributed by atoms with Crippen LogP contribution in [0.15, 0.2) is 42.3 Å². The molecule has 1 aromatic carbocycles. The molecule has 4 heteroatoms. The first-order chi connectivity index (χ1) is 8.49. The normalized spacial score (nSPS) is 11.3. The van der Waals surface area contributed by atoms with Crippen LogP contribution in [-0.4, -0.2) is 31.1 Å². The van der Waals surface area contributed by atoms with Crippen LogP contribution in [0.25, 0.3) is 0 Å². The van der Waals surface area contributed by atoms with Crippen LogP contribution < -0.4 is 4.74 Å². The highest BCUT2D eigenvalue weighted by Gasteiger charge is 2.15. The number of hydrogen-bond acceptors (Lipinski definition) is 4. The van der Waals surface area contributed by atoms with E-state index in [9.17, 15) is 4.79 Å². The number of esters is 1. The van der Waals surface area contributed by atoms with Crippen molar-refractivity contribution in [1.29, 1.82) is 0 Å². The Labute approximate surface area is 108 Å². The fourth-order valence-electron chi connectivity index (χ4n) is 1.24. The van der Waals surface area contributed by atoms with Crippen LogP contribution in [0.5, 0.6) is 5.75 Å². The molecule has 1 aromatic rings. The van der Waals surface area contributed by atoms with E-state index in [1.807, 2.05) is 32.3 Å². The number of nitrogens with zero attached hydrogens (tertiary/aromatic N) is 1. The van der Waals surface area contributed by atoms with Gasteiger partial charge in [0.2, 0.25) is 5.76 Å². The lowest BCUT2D eigenvalue weighted by atomic mass is 10.3. The van der Waals surface area contributed by atoms with Gasteiger partial charge >= 0.3 is 5.97 Å². The van der Waals surface area contributed by atoms with Crippen molar-refractivity contribution in [3.05, 3.63) is 42.3 Å². The zero-order chi connectivity index (χ0) is 13.5. The number of ether oxygens (including phenoxy) is 2. The van der Waals surface area contributed by atoms with Gasteiger partial charge < -0.3 is 14.4 Å². The molecule has 4 nitrogen and oxygen atoms in total. The van der Waals surface area contributed by atoms with E-state index in [0.29, 0.717) is 5.75 Å². The summed E-state index contributed by atoms with van der Waals surface area (Å²) in [6, 6.07) is 9.14. The zero-order valence-corrected chi connectivity index (χ0v) is 11.2. The molecular formula is C14H19NO3. The van der Waals surface area contributed by atoms with E-state index in [-0.39, 0.29) is 11.9 Å². The van der Waals surface area contributed by atoms with Crippen LogP contribution >= 0.6 is 0 Å². The third kappa shape index (κ3) is 4.91. The molecule has 0 aliphatic carbocycles. The summed E-state index contributed by atoms with van der Waals surface area (Å²) in [6.45, 7) is 3.60. The number of benzene rings is 1. The van der Waals surface area contributed by atoms with Crippen molar-refractivity contribution in [3.8, 4) is 5.75 Å². The SMILES string of the molecule is CC(C)OC(=O)C(=CN(C)C)Oc1ccccc1. The fourth-order valence-corrected chi connectivity index (χ4v) is 1.24. The van der Waals surface area contributed by atoms with E-state index in [4.69, 9.17) is 9.47 Å². The third-order valence-electron chi connectivity index (χ3n) is 1.89. The first-order valence-electron chi connectivity index (χ1n) is 5.81. The van der Waals surface area contributed by atoms with Gasteiger partial charge in [0.25, 0.3) is 0 Å². The van der Waals surface area contributed by atoms with E-state index >= 15 is 0 Å². The van der Waals surface area contributed by atoms with Gasteiger partial charge in [-0.15, -0.1) is 0 Å². The average molecular weight is 249 g/mol. The molecule has 18 heavy (non-hydrogen) atoms. The Bertz CT molecular complexity index is 410. The van der Waals surface area contributed by atoms with Crippen LogP contribution in [0.1, 0.15) is 13.8 Å². The van der Waals surface area contributed by atoms with Crippen LogP contribution in [0.2, 0.25) is 0 Å². The van der Waals surface area contributed by atoms with Crippen molar-refractivity contribution in [3.63, 3.8) is 0 Å². The van der Waals surface area contributed by atoms with Crippen molar-refractivity contribution in [2.24, 2.45) is 0 Å². The largest absolute Gasteiger partial charge is 0.457 e. The van der Waals surface area contributed by atoms with Crippen molar-refractivity contribution >= 4 is 5.97 Å². The summed E-state index contributed by atoms with van der Waals surface area (Å²) in [7, 11) is 3.63. The standard InChI is InChI=1S/C14H19NO3/c1-11(2)17-14(16)13(10-15(3)4)18-12-8-6-5-7-9-12/h5-11H,1-4H3. The van der Waals surface area contributed by atoms with Gasteiger partial charge in [-0.05, 0) is 26.0 Å². The summed E-state index contributed by atoms with van der Waals surface area (Å²) in [6.07, 6.45) is 1.42. The van der Waals surface area contributed by atoms with Gasteiger partial charge in [-0.1, -0.05) is 18.2 Å². The van der Waals surface area contributed by atoms with Gasteiger partial charge in [-0.3, -0.25) is 0 Å². The predicted molar refractivity (Wildman–Crippen MR) is 70.1 cm³/mol. The molecule has 0 N–H and O–H groups in total. The minimum atomic E-state index is -0.470. The van der Waals surface area contributed by atoms with E-state index in [0.717, 1.165) is 0 Å².